The lowest BCUT2D eigenvalue weighted by molar-refractivity contribution is 0.0747. The Morgan fingerprint density at radius 2 is 1.88 bits per heavy atom. The van der Waals surface area contributed by atoms with Crippen molar-refractivity contribution in [2.24, 2.45) is 0 Å². The first-order chi connectivity index (χ1) is 11.6. The van der Waals surface area contributed by atoms with Crippen LogP contribution >= 0.6 is 0 Å². The van der Waals surface area contributed by atoms with E-state index >= 15 is 0 Å². The van der Waals surface area contributed by atoms with Crippen LogP contribution in [0.15, 0.2) is 30.6 Å². The summed E-state index contributed by atoms with van der Waals surface area (Å²) in [6.07, 6.45) is 3.42. The van der Waals surface area contributed by atoms with Crippen molar-refractivity contribution in [1.82, 2.24) is 14.9 Å². The van der Waals surface area contributed by atoms with Crippen LogP contribution in [-0.2, 0) is 6.61 Å². The van der Waals surface area contributed by atoms with Gasteiger partial charge in [0.2, 0.25) is 5.95 Å². The molecule has 1 amide bonds. The SMILES string of the molecule is Cc1cc(N)c(C(=O)N2CCN(c3ncccn3)CC2)cc1CO. The molecule has 0 aliphatic carbocycles. The molecule has 1 aliphatic rings. The van der Waals surface area contributed by atoms with E-state index in [1.165, 1.54) is 0 Å². The minimum Gasteiger partial charge on any atom is -0.398 e. The summed E-state index contributed by atoms with van der Waals surface area (Å²) in [5.41, 5.74) is 8.52. The number of nitrogens with zero attached hydrogens (tertiary/aromatic N) is 4. The number of carbonyl (C=O) groups is 1. The molecule has 1 aliphatic heterocycles. The minimum absolute atomic E-state index is 0.101. The molecule has 1 aromatic heterocycles. The van der Waals surface area contributed by atoms with Crippen LogP contribution in [0.4, 0.5) is 11.6 Å². The van der Waals surface area contributed by atoms with E-state index in [4.69, 9.17) is 5.73 Å². The number of amides is 1. The van der Waals surface area contributed by atoms with Gasteiger partial charge in [0.15, 0.2) is 0 Å². The average Bonchev–Trinajstić information content (AvgIpc) is 2.62. The Morgan fingerprint density at radius 1 is 1.21 bits per heavy atom. The van der Waals surface area contributed by atoms with E-state index in [2.05, 4.69) is 14.9 Å². The molecule has 0 spiro atoms. The predicted octanol–water partition coefficient (Wildman–Crippen LogP) is 0.822. The number of anilines is 2. The molecular formula is C17H21N5O2. The van der Waals surface area contributed by atoms with Crippen LogP contribution in [0.3, 0.4) is 0 Å². The zero-order valence-electron chi connectivity index (χ0n) is 13.6. The molecule has 0 atom stereocenters. The summed E-state index contributed by atoms with van der Waals surface area (Å²) in [4.78, 5) is 25.1. The molecule has 1 fully saturated rings. The second-order valence-electron chi connectivity index (χ2n) is 5.85. The topological polar surface area (TPSA) is 95.6 Å². The van der Waals surface area contributed by atoms with E-state index in [1.54, 1.807) is 35.5 Å². The van der Waals surface area contributed by atoms with E-state index in [0.29, 0.717) is 43.4 Å². The minimum atomic E-state index is -0.106. The Morgan fingerprint density at radius 3 is 2.50 bits per heavy atom. The number of aryl methyl sites for hydroxylation is 1. The smallest absolute Gasteiger partial charge is 0.256 e. The van der Waals surface area contributed by atoms with E-state index in [-0.39, 0.29) is 12.5 Å². The summed E-state index contributed by atoms with van der Waals surface area (Å²) in [7, 11) is 0. The third-order valence-electron chi connectivity index (χ3n) is 4.31. The van der Waals surface area contributed by atoms with Crippen LogP contribution < -0.4 is 10.6 Å². The summed E-state index contributed by atoms with van der Waals surface area (Å²) >= 11 is 0. The van der Waals surface area contributed by atoms with E-state index in [0.717, 1.165) is 11.1 Å². The Labute approximate surface area is 140 Å². The molecule has 24 heavy (non-hydrogen) atoms. The number of rotatable bonds is 3. The van der Waals surface area contributed by atoms with Gasteiger partial charge in [0.05, 0.1) is 12.2 Å². The van der Waals surface area contributed by atoms with Crippen molar-refractivity contribution in [2.75, 3.05) is 36.8 Å². The molecule has 7 nitrogen and oxygen atoms in total. The van der Waals surface area contributed by atoms with Gasteiger partial charge in [-0.05, 0) is 36.2 Å². The molecule has 0 bridgehead atoms. The number of aromatic nitrogens is 2. The lowest BCUT2D eigenvalue weighted by Gasteiger charge is -2.35. The molecule has 3 rings (SSSR count). The molecule has 2 heterocycles. The second-order valence-corrected chi connectivity index (χ2v) is 5.85. The fourth-order valence-corrected chi connectivity index (χ4v) is 2.87. The maximum Gasteiger partial charge on any atom is 0.256 e. The van der Waals surface area contributed by atoms with Crippen molar-refractivity contribution in [2.45, 2.75) is 13.5 Å². The lowest BCUT2D eigenvalue weighted by atomic mass is 10.0. The summed E-state index contributed by atoms with van der Waals surface area (Å²) in [5.74, 6) is 0.581. The number of nitrogen functional groups attached to an aromatic ring is 1. The molecule has 0 saturated carbocycles. The fraction of sp³-hybridized carbons (Fsp3) is 0.353. The zero-order valence-corrected chi connectivity index (χ0v) is 13.6. The zero-order chi connectivity index (χ0) is 17.1. The number of hydrogen-bond donors (Lipinski definition) is 2. The van der Waals surface area contributed by atoms with Gasteiger partial charge in [-0.3, -0.25) is 4.79 Å². The molecule has 3 N–H and O–H groups in total. The van der Waals surface area contributed by atoms with Gasteiger partial charge in [0, 0.05) is 44.3 Å². The van der Waals surface area contributed by atoms with Crippen molar-refractivity contribution < 1.29 is 9.90 Å². The number of aliphatic hydroxyl groups is 1. The second kappa shape index (κ2) is 6.84. The Hall–Kier alpha value is -2.67. The van der Waals surface area contributed by atoms with E-state index < -0.39 is 0 Å². The van der Waals surface area contributed by atoms with Crippen molar-refractivity contribution in [1.29, 1.82) is 0 Å². The van der Waals surface area contributed by atoms with Crippen molar-refractivity contribution in [3.8, 4) is 0 Å². The molecule has 0 unspecified atom stereocenters. The molecule has 0 radical (unpaired) electrons. The normalized spacial score (nSPS) is 14.8. The summed E-state index contributed by atoms with van der Waals surface area (Å²) < 4.78 is 0. The molecule has 1 saturated heterocycles. The van der Waals surface area contributed by atoms with Gasteiger partial charge in [-0.1, -0.05) is 0 Å². The van der Waals surface area contributed by atoms with Crippen LogP contribution in [-0.4, -0.2) is 52.1 Å². The van der Waals surface area contributed by atoms with Crippen LogP contribution in [0.2, 0.25) is 0 Å². The standard InChI is InChI=1S/C17H21N5O2/c1-12-9-15(18)14(10-13(12)11-23)16(24)21-5-7-22(8-6-21)17-19-3-2-4-20-17/h2-4,9-10,23H,5-8,11,18H2,1H3. The summed E-state index contributed by atoms with van der Waals surface area (Å²) in [6.45, 7) is 4.28. The maximum atomic E-state index is 12.8. The van der Waals surface area contributed by atoms with Crippen molar-refractivity contribution >= 4 is 17.5 Å². The van der Waals surface area contributed by atoms with Gasteiger partial charge >= 0.3 is 0 Å². The highest BCUT2D eigenvalue weighted by Crippen LogP contribution is 2.21. The van der Waals surface area contributed by atoms with E-state index in [9.17, 15) is 9.90 Å². The van der Waals surface area contributed by atoms with Crippen molar-refractivity contribution in [3.63, 3.8) is 0 Å². The van der Waals surface area contributed by atoms with Gasteiger partial charge < -0.3 is 20.6 Å². The van der Waals surface area contributed by atoms with Crippen LogP contribution in [0, 0.1) is 6.92 Å². The number of nitrogens with two attached hydrogens (primary N) is 1. The Bertz CT molecular complexity index is 727. The molecule has 2 aromatic rings. The highest BCUT2D eigenvalue weighted by atomic mass is 16.3. The third-order valence-corrected chi connectivity index (χ3v) is 4.31. The van der Waals surface area contributed by atoms with Gasteiger partial charge in [0.1, 0.15) is 0 Å². The predicted molar refractivity (Wildman–Crippen MR) is 91.7 cm³/mol. The highest BCUT2D eigenvalue weighted by Gasteiger charge is 2.25. The fourth-order valence-electron chi connectivity index (χ4n) is 2.87. The Balaban J connectivity index is 1.72. The number of benzene rings is 1. The number of hydrogen-bond acceptors (Lipinski definition) is 6. The van der Waals surface area contributed by atoms with Crippen LogP contribution in [0.5, 0.6) is 0 Å². The molecule has 7 heteroatoms. The largest absolute Gasteiger partial charge is 0.398 e. The van der Waals surface area contributed by atoms with Crippen molar-refractivity contribution in [3.05, 3.63) is 47.3 Å². The number of aliphatic hydroxyl groups excluding tert-OH is 1. The first-order valence-electron chi connectivity index (χ1n) is 7.91. The number of carbonyl (C=O) groups excluding carboxylic acids is 1. The number of piperazine rings is 1. The quantitative estimate of drug-likeness (QED) is 0.811. The Kier molecular flexibility index (Phi) is 4.61. The maximum absolute atomic E-state index is 12.8. The third kappa shape index (κ3) is 3.16. The molecule has 1 aromatic carbocycles. The van der Waals surface area contributed by atoms with E-state index in [1.807, 2.05) is 6.92 Å². The first-order valence-corrected chi connectivity index (χ1v) is 7.91. The first kappa shape index (κ1) is 16.2. The average molecular weight is 327 g/mol. The monoisotopic (exact) mass is 327 g/mol. The molecular weight excluding hydrogens is 306 g/mol. The van der Waals surface area contributed by atoms with Gasteiger partial charge in [-0.25, -0.2) is 9.97 Å². The molecule has 126 valence electrons. The van der Waals surface area contributed by atoms with Crippen LogP contribution in [0.25, 0.3) is 0 Å². The lowest BCUT2D eigenvalue weighted by Crippen LogP contribution is -2.49. The highest BCUT2D eigenvalue weighted by molar-refractivity contribution is 5.99. The summed E-state index contributed by atoms with van der Waals surface area (Å²) in [5, 5.41) is 9.40. The summed E-state index contributed by atoms with van der Waals surface area (Å²) in [6, 6.07) is 5.22. The van der Waals surface area contributed by atoms with Gasteiger partial charge in [0.25, 0.3) is 5.91 Å². The van der Waals surface area contributed by atoms with Gasteiger partial charge in [-0.2, -0.15) is 0 Å². The van der Waals surface area contributed by atoms with Crippen LogP contribution in [0.1, 0.15) is 21.5 Å². The van der Waals surface area contributed by atoms with Gasteiger partial charge in [-0.15, -0.1) is 0 Å².